The van der Waals surface area contributed by atoms with Crippen molar-refractivity contribution in [3.63, 3.8) is 0 Å². The number of fused-ring (bicyclic) bond motifs is 1. The minimum Gasteiger partial charge on any atom is -0.497 e. The molecule has 0 radical (unpaired) electrons. The van der Waals surface area contributed by atoms with Gasteiger partial charge in [-0.15, -0.1) is 0 Å². The molecule has 3 rings (SSSR count). The molecule has 0 unspecified atom stereocenters. The van der Waals surface area contributed by atoms with Crippen LogP contribution in [0.1, 0.15) is 11.1 Å². The SMILES string of the molecule is COc1ccc2c(C#Cc3ccccc3NC(=O)C(F)(F)F)cccc2c1. The average Bonchev–Trinajstić information content (AvgIpc) is 2.66. The van der Waals surface area contributed by atoms with Gasteiger partial charge in [0, 0.05) is 11.1 Å². The first kappa shape index (κ1) is 18.3. The summed E-state index contributed by atoms with van der Waals surface area (Å²) in [6.07, 6.45) is -4.96. The highest BCUT2D eigenvalue weighted by molar-refractivity contribution is 5.96. The summed E-state index contributed by atoms with van der Waals surface area (Å²) in [5.74, 6) is 4.50. The number of para-hydroxylation sites is 1. The maximum atomic E-state index is 12.5. The lowest BCUT2D eigenvalue weighted by atomic mass is 10.0. The number of ether oxygens (including phenoxy) is 1. The predicted molar refractivity (Wildman–Crippen MR) is 97.6 cm³/mol. The van der Waals surface area contributed by atoms with Gasteiger partial charge in [0.2, 0.25) is 0 Å². The zero-order chi connectivity index (χ0) is 19.4. The fraction of sp³-hybridized carbons (Fsp3) is 0.0952. The maximum absolute atomic E-state index is 12.5. The van der Waals surface area contributed by atoms with Crippen molar-refractivity contribution >= 4 is 22.4 Å². The molecule has 0 aliphatic carbocycles. The molecule has 6 heteroatoms. The largest absolute Gasteiger partial charge is 0.497 e. The quantitative estimate of drug-likeness (QED) is 0.662. The lowest BCUT2D eigenvalue weighted by molar-refractivity contribution is -0.167. The lowest BCUT2D eigenvalue weighted by Gasteiger charge is -2.09. The van der Waals surface area contributed by atoms with Crippen molar-refractivity contribution in [1.82, 2.24) is 0 Å². The highest BCUT2D eigenvalue weighted by Gasteiger charge is 2.38. The Hall–Kier alpha value is -3.46. The van der Waals surface area contributed by atoms with E-state index in [2.05, 4.69) is 11.8 Å². The van der Waals surface area contributed by atoms with Crippen LogP contribution in [0.15, 0.2) is 60.7 Å². The van der Waals surface area contributed by atoms with E-state index < -0.39 is 12.1 Å². The Bertz CT molecular complexity index is 1060. The second-order valence-corrected chi connectivity index (χ2v) is 5.64. The second kappa shape index (κ2) is 7.42. The number of methoxy groups -OCH3 is 1. The van der Waals surface area contributed by atoms with E-state index in [1.807, 2.05) is 41.7 Å². The molecule has 3 nitrogen and oxygen atoms in total. The highest BCUT2D eigenvalue weighted by atomic mass is 19.4. The Morgan fingerprint density at radius 3 is 2.41 bits per heavy atom. The number of carbonyl (C=O) groups is 1. The number of benzene rings is 3. The highest BCUT2D eigenvalue weighted by Crippen LogP contribution is 2.24. The van der Waals surface area contributed by atoms with Crippen molar-refractivity contribution in [1.29, 1.82) is 0 Å². The molecule has 0 aromatic heterocycles. The minimum absolute atomic E-state index is 0.00855. The van der Waals surface area contributed by atoms with Gasteiger partial charge in [0.05, 0.1) is 12.8 Å². The number of alkyl halides is 3. The third-order valence-corrected chi connectivity index (χ3v) is 3.85. The van der Waals surface area contributed by atoms with E-state index in [4.69, 9.17) is 4.74 Å². The van der Waals surface area contributed by atoms with Crippen molar-refractivity contribution in [2.75, 3.05) is 12.4 Å². The van der Waals surface area contributed by atoms with Gasteiger partial charge >= 0.3 is 12.1 Å². The third kappa shape index (κ3) is 4.21. The van der Waals surface area contributed by atoms with E-state index in [1.54, 1.807) is 19.2 Å². The van der Waals surface area contributed by atoms with Gasteiger partial charge in [0.25, 0.3) is 0 Å². The smallest absolute Gasteiger partial charge is 0.471 e. The van der Waals surface area contributed by atoms with Crippen LogP contribution < -0.4 is 10.1 Å². The van der Waals surface area contributed by atoms with Gasteiger partial charge in [0.1, 0.15) is 5.75 Å². The number of carbonyl (C=O) groups excluding carboxylic acids is 1. The van der Waals surface area contributed by atoms with E-state index in [1.165, 1.54) is 12.1 Å². The Morgan fingerprint density at radius 1 is 0.963 bits per heavy atom. The summed E-state index contributed by atoms with van der Waals surface area (Å²) < 4.78 is 42.7. The van der Waals surface area contributed by atoms with Crippen molar-refractivity contribution in [2.24, 2.45) is 0 Å². The molecule has 0 atom stereocenters. The molecule has 1 N–H and O–H groups in total. The van der Waals surface area contributed by atoms with Crippen LogP contribution in [0.3, 0.4) is 0 Å². The molecule has 0 aliphatic heterocycles. The molecule has 0 saturated carbocycles. The third-order valence-electron chi connectivity index (χ3n) is 3.85. The number of halogens is 3. The van der Waals surface area contributed by atoms with Gasteiger partial charge in [-0.05, 0) is 47.2 Å². The van der Waals surface area contributed by atoms with Gasteiger partial charge in [-0.3, -0.25) is 4.79 Å². The molecule has 27 heavy (non-hydrogen) atoms. The first-order valence-corrected chi connectivity index (χ1v) is 7.94. The topological polar surface area (TPSA) is 38.3 Å². The van der Waals surface area contributed by atoms with Crippen LogP contribution in [-0.4, -0.2) is 19.2 Å². The van der Waals surface area contributed by atoms with Crippen LogP contribution in [0.4, 0.5) is 18.9 Å². The van der Waals surface area contributed by atoms with Crippen molar-refractivity contribution in [3.05, 3.63) is 71.8 Å². The van der Waals surface area contributed by atoms with E-state index >= 15 is 0 Å². The number of nitrogens with one attached hydrogen (secondary N) is 1. The molecular formula is C21H14F3NO2. The van der Waals surface area contributed by atoms with Crippen LogP contribution >= 0.6 is 0 Å². The second-order valence-electron chi connectivity index (χ2n) is 5.64. The number of amides is 1. The molecule has 0 bridgehead atoms. The van der Waals surface area contributed by atoms with E-state index in [0.717, 1.165) is 10.8 Å². The summed E-state index contributed by atoms with van der Waals surface area (Å²) in [4.78, 5) is 11.2. The Kier molecular flexibility index (Phi) is 5.04. The van der Waals surface area contributed by atoms with Crippen molar-refractivity contribution in [3.8, 4) is 17.6 Å². The summed E-state index contributed by atoms with van der Waals surface area (Å²) in [5.41, 5.74) is 1.02. The van der Waals surface area contributed by atoms with Crippen LogP contribution in [0.2, 0.25) is 0 Å². The maximum Gasteiger partial charge on any atom is 0.471 e. The van der Waals surface area contributed by atoms with Gasteiger partial charge < -0.3 is 10.1 Å². The lowest BCUT2D eigenvalue weighted by Crippen LogP contribution is -2.30. The molecule has 3 aromatic carbocycles. The summed E-state index contributed by atoms with van der Waals surface area (Å²) >= 11 is 0. The van der Waals surface area contributed by atoms with Gasteiger partial charge in [-0.25, -0.2) is 0 Å². The molecule has 136 valence electrons. The van der Waals surface area contributed by atoms with Gasteiger partial charge in [-0.2, -0.15) is 13.2 Å². The van der Waals surface area contributed by atoms with E-state index in [-0.39, 0.29) is 5.69 Å². The molecule has 0 aliphatic rings. The first-order chi connectivity index (χ1) is 12.9. The summed E-state index contributed by atoms with van der Waals surface area (Å²) in [5, 5.41) is 3.68. The van der Waals surface area contributed by atoms with Crippen molar-refractivity contribution < 1.29 is 22.7 Å². The van der Waals surface area contributed by atoms with Gasteiger partial charge in [-0.1, -0.05) is 36.1 Å². The molecule has 3 aromatic rings. The molecular weight excluding hydrogens is 355 g/mol. The van der Waals surface area contributed by atoms with E-state index in [0.29, 0.717) is 16.9 Å². The van der Waals surface area contributed by atoms with Gasteiger partial charge in [0.15, 0.2) is 0 Å². The molecule has 0 spiro atoms. The number of hydrogen-bond acceptors (Lipinski definition) is 2. The standard InChI is InChI=1S/C21H14F3NO2/c1-27-17-11-12-18-14(6-4-7-16(18)13-17)9-10-15-5-2-3-8-19(15)25-20(26)21(22,23)24/h2-8,11-13H,1H3,(H,25,26). The normalized spacial score (nSPS) is 10.8. The average molecular weight is 369 g/mol. The van der Waals surface area contributed by atoms with Crippen LogP contribution in [0.5, 0.6) is 5.75 Å². The Labute approximate surface area is 153 Å². The number of rotatable bonds is 2. The molecule has 0 fully saturated rings. The fourth-order valence-electron chi connectivity index (χ4n) is 2.53. The Balaban J connectivity index is 1.97. The van der Waals surface area contributed by atoms with Crippen LogP contribution in [-0.2, 0) is 4.79 Å². The summed E-state index contributed by atoms with van der Waals surface area (Å²) in [7, 11) is 1.58. The zero-order valence-electron chi connectivity index (χ0n) is 14.2. The van der Waals surface area contributed by atoms with Crippen molar-refractivity contribution in [2.45, 2.75) is 6.18 Å². The summed E-state index contributed by atoms with van der Waals surface area (Å²) in [6.45, 7) is 0. The van der Waals surface area contributed by atoms with E-state index in [9.17, 15) is 18.0 Å². The number of anilines is 1. The Morgan fingerprint density at radius 2 is 1.67 bits per heavy atom. The minimum atomic E-state index is -4.96. The number of hydrogen-bond donors (Lipinski definition) is 1. The summed E-state index contributed by atoms with van der Waals surface area (Å²) in [6, 6.07) is 17.2. The monoisotopic (exact) mass is 369 g/mol. The predicted octanol–water partition coefficient (Wildman–Crippen LogP) is 4.75. The first-order valence-electron chi connectivity index (χ1n) is 7.94. The molecule has 1 amide bonds. The molecule has 0 saturated heterocycles. The van der Waals surface area contributed by atoms with Crippen LogP contribution in [0.25, 0.3) is 10.8 Å². The van der Waals surface area contributed by atoms with Crippen LogP contribution in [0, 0.1) is 11.8 Å². The molecule has 0 heterocycles. The fourth-order valence-corrected chi connectivity index (χ4v) is 2.53. The zero-order valence-corrected chi connectivity index (χ0v) is 14.2.